The van der Waals surface area contributed by atoms with Crippen molar-refractivity contribution in [2.24, 2.45) is 0 Å². The number of anilines is 2. The van der Waals surface area contributed by atoms with Gasteiger partial charge in [-0.25, -0.2) is 0 Å². The number of benzene rings is 4. The molecule has 0 spiro atoms. The lowest BCUT2D eigenvalue weighted by atomic mass is 10.1. The first-order valence-electron chi connectivity index (χ1n) is 8.56. The van der Waals surface area contributed by atoms with Gasteiger partial charge < -0.3 is 9.80 Å². The van der Waals surface area contributed by atoms with Gasteiger partial charge in [-0.15, -0.1) is 0 Å². The second kappa shape index (κ2) is 5.67. The largest absolute Gasteiger partial charge is 0.328 e. The Morgan fingerprint density at radius 3 is 1.40 bits per heavy atom. The van der Waals surface area contributed by atoms with Crippen molar-refractivity contribution >= 4 is 32.9 Å². The average molecular weight is 322 g/mol. The van der Waals surface area contributed by atoms with Crippen molar-refractivity contribution in [3.8, 4) is 0 Å². The zero-order chi connectivity index (χ0) is 16.6. The Hall–Kier alpha value is -3.26. The van der Waals surface area contributed by atoms with E-state index in [0.717, 1.165) is 6.67 Å². The van der Waals surface area contributed by atoms with Gasteiger partial charge in [0.25, 0.3) is 0 Å². The molecule has 5 rings (SSSR count). The maximum absolute atomic E-state index is 2.28. The molecule has 1 aliphatic rings. The van der Waals surface area contributed by atoms with Crippen LogP contribution in [0.4, 0.5) is 11.4 Å². The van der Waals surface area contributed by atoms with E-state index in [2.05, 4.69) is 107 Å². The molecule has 0 saturated carbocycles. The average Bonchev–Trinajstić information content (AvgIpc) is 3.17. The summed E-state index contributed by atoms with van der Waals surface area (Å²) in [5, 5.41) is 5.11. The van der Waals surface area contributed by atoms with Crippen LogP contribution in [0, 0.1) is 0 Å². The van der Waals surface area contributed by atoms with Crippen molar-refractivity contribution in [3.63, 3.8) is 0 Å². The number of hydrogen-bond acceptors (Lipinski definition) is 2. The van der Waals surface area contributed by atoms with E-state index in [4.69, 9.17) is 0 Å². The first-order chi connectivity index (χ1) is 12.4. The molecule has 4 aromatic carbocycles. The number of hydrogen-bond donors (Lipinski definition) is 0. The molecule has 25 heavy (non-hydrogen) atoms. The van der Waals surface area contributed by atoms with E-state index < -0.39 is 0 Å². The molecule has 0 N–H and O–H groups in total. The molecule has 120 valence electrons. The highest BCUT2D eigenvalue weighted by Crippen LogP contribution is 2.28. The highest BCUT2D eigenvalue weighted by Gasteiger charge is 2.15. The Labute approximate surface area is 147 Å². The SMILES string of the molecule is C1=CN(c2ccc3ccccc3c2)CN1c1ccc2ccccc2c1. The Balaban J connectivity index is 1.44. The third-order valence-corrected chi connectivity index (χ3v) is 4.86. The molecule has 0 atom stereocenters. The molecular formula is C23H18N2. The lowest BCUT2D eigenvalue weighted by Gasteiger charge is -2.22. The molecule has 4 aromatic rings. The molecule has 1 heterocycles. The molecule has 0 bridgehead atoms. The highest BCUT2D eigenvalue weighted by atomic mass is 15.3. The van der Waals surface area contributed by atoms with Crippen molar-refractivity contribution in [2.75, 3.05) is 16.5 Å². The highest BCUT2D eigenvalue weighted by molar-refractivity contribution is 5.87. The maximum atomic E-state index is 2.28. The smallest absolute Gasteiger partial charge is 0.0989 e. The zero-order valence-corrected chi connectivity index (χ0v) is 13.8. The molecule has 0 unspecified atom stereocenters. The van der Waals surface area contributed by atoms with Gasteiger partial charge >= 0.3 is 0 Å². The van der Waals surface area contributed by atoms with Gasteiger partial charge in [-0.05, 0) is 45.8 Å². The molecular weight excluding hydrogens is 304 g/mol. The molecule has 0 aromatic heterocycles. The second-order valence-electron chi connectivity index (χ2n) is 6.44. The van der Waals surface area contributed by atoms with Crippen molar-refractivity contribution in [2.45, 2.75) is 0 Å². The van der Waals surface area contributed by atoms with Crippen LogP contribution in [0.25, 0.3) is 21.5 Å². The van der Waals surface area contributed by atoms with Crippen LogP contribution in [0.3, 0.4) is 0 Å². The third-order valence-electron chi connectivity index (χ3n) is 4.86. The molecule has 0 fully saturated rings. The Morgan fingerprint density at radius 2 is 0.920 bits per heavy atom. The van der Waals surface area contributed by atoms with Gasteiger partial charge in [0.15, 0.2) is 0 Å². The maximum Gasteiger partial charge on any atom is 0.0989 e. The van der Waals surface area contributed by atoms with Gasteiger partial charge in [0.05, 0.1) is 6.67 Å². The first kappa shape index (κ1) is 14.1. The van der Waals surface area contributed by atoms with E-state index in [1.54, 1.807) is 0 Å². The van der Waals surface area contributed by atoms with E-state index in [1.165, 1.54) is 32.9 Å². The van der Waals surface area contributed by atoms with Crippen molar-refractivity contribution in [3.05, 3.63) is 97.3 Å². The zero-order valence-electron chi connectivity index (χ0n) is 13.8. The molecule has 0 radical (unpaired) electrons. The minimum Gasteiger partial charge on any atom is -0.328 e. The van der Waals surface area contributed by atoms with Gasteiger partial charge in [0.1, 0.15) is 0 Å². The van der Waals surface area contributed by atoms with E-state index in [-0.39, 0.29) is 0 Å². The van der Waals surface area contributed by atoms with Crippen LogP contribution in [0.2, 0.25) is 0 Å². The van der Waals surface area contributed by atoms with E-state index in [1.807, 2.05) is 0 Å². The number of rotatable bonds is 2. The minimum atomic E-state index is 0.830. The monoisotopic (exact) mass is 322 g/mol. The van der Waals surface area contributed by atoms with Crippen LogP contribution >= 0.6 is 0 Å². The quantitative estimate of drug-likeness (QED) is 0.464. The van der Waals surface area contributed by atoms with Crippen LogP contribution in [-0.4, -0.2) is 6.67 Å². The van der Waals surface area contributed by atoms with Crippen molar-refractivity contribution < 1.29 is 0 Å². The standard InChI is InChI=1S/C23H18N2/c1-3-7-20-15-22(11-9-18(20)5-1)24-13-14-25(17-24)23-12-10-19-6-2-4-8-21(19)16-23/h1-16H,17H2. The van der Waals surface area contributed by atoms with Crippen molar-refractivity contribution in [1.29, 1.82) is 0 Å². The first-order valence-corrected chi connectivity index (χ1v) is 8.56. The van der Waals surface area contributed by atoms with Crippen LogP contribution in [-0.2, 0) is 0 Å². The Morgan fingerprint density at radius 1 is 0.480 bits per heavy atom. The summed E-state index contributed by atoms with van der Waals surface area (Å²) in [6.45, 7) is 0.830. The topological polar surface area (TPSA) is 6.48 Å². The summed E-state index contributed by atoms with van der Waals surface area (Å²) < 4.78 is 0. The van der Waals surface area contributed by atoms with Gasteiger partial charge in [-0.3, -0.25) is 0 Å². The lowest BCUT2D eigenvalue weighted by Crippen LogP contribution is -2.24. The molecule has 1 aliphatic heterocycles. The predicted octanol–water partition coefficient (Wildman–Crippen LogP) is 5.75. The number of fused-ring (bicyclic) bond motifs is 2. The van der Waals surface area contributed by atoms with E-state index in [9.17, 15) is 0 Å². The number of nitrogens with zero attached hydrogens (tertiary/aromatic N) is 2. The molecule has 2 heteroatoms. The molecule has 0 aliphatic carbocycles. The van der Waals surface area contributed by atoms with Crippen molar-refractivity contribution in [1.82, 2.24) is 0 Å². The van der Waals surface area contributed by atoms with Crippen LogP contribution in [0.1, 0.15) is 0 Å². The summed E-state index contributed by atoms with van der Waals surface area (Å²) in [4.78, 5) is 4.56. The lowest BCUT2D eigenvalue weighted by molar-refractivity contribution is 0.977. The Kier molecular flexibility index (Phi) is 3.20. The minimum absolute atomic E-state index is 0.830. The normalized spacial score (nSPS) is 13.9. The summed E-state index contributed by atoms with van der Waals surface area (Å²) in [5.41, 5.74) is 2.44. The summed E-state index contributed by atoms with van der Waals surface area (Å²) >= 11 is 0. The van der Waals surface area contributed by atoms with Gasteiger partial charge in [-0.1, -0.05) is 60.7 Å². The second-order valence-corrected chi connectivity index (χ2v) is 6.44. The van der Waals surface area contributed by atoms with Gasteiger partial charge in [0.2, 0.25) is 0 Å². The fourth-order valence-corrected chi connectivity index (χ4v) is 3.47. The summed E-state index contributed by atoms with van der Waals surface area (Å²) in [5.74, 6) is 0. The van der Waals surface area contributed by atoms with E-state index in [0.29, 0.717) is 0 Å². The van der Waals surface area contributed by atoms with E-state index >= 15 is 0 Å². The van der Waals surface area contributed by atoms with Crippen LogP contribution < -0.4 is 9.80 Å². The van der Waals surface area contributed by atoms with Gasteiger partial charge in [-0.2, -0.15) is 0 Å². The predicted molar refractivity (Wildman–Crippen MR) is 107 cm³/mol. The summed E-state index contributed by atoms with van der Waals surface area (Å²) in [6, 6.07) is 30.3. The molecule has 2 nitrogen and oxygen atoms in total. The molecule has 0 saturated heterocycles. The van der Waals surface area contributed by atoms with Crippen LogP contribution in [0.15, 0.2) is 97.3 Å². The fourth-order valence-electron chi connectivity index (χ4n) is 3.47. The van der Waals surface area contributed by atoms with Crippen LogP contribution in [0.5, 0.6) is 0 Å². The fraction of sp³-hybridized carbons (Fsp3) is 0.0435. The molecule has 0 amide bonds. The van der Waals surface area contributed by atoms with Gasteiger partial charge in [0, 0.05) is 23.8 Å². The Bertz CT molecular complexity index is 1010. The summed E-state index contributed by atoms with van der Waals surface area (Å²) in [7, 11) is 0. The third kappa shape index (κ3) is 2.52. The summed E-state index contributed by atoms with van der Waals surface area (Å²) in [6.07, 6.45) is 4.30.